The van der Waals surface area contributed by atoms with E-state index in [2.05, 4.69) is 21.1 Å². The molecule has 34 heavy (non-hydrogen) atoms. The van der Waals surface area contributed by atoms with Gasteiger partial charge in [0.2, 0.25) is 0 Å². The van der Waals surface area contributed by atoms with E-state index >= 15 is 0 Å². The molecule has 1 aliphatic heterocycles. The van der Waals surface area contributed by atoms with Crippen molar-refractivity contribution in [2.24, 2.45) is 7.05 Å². The molecule has 170 valence electrons. The number of ether oxygens (including phenoxy) is 2. The second-order valence-corrected chi connectivity index (χ2v) is 8.24. The zero-order valence-electron chi connectivity index (χ0n) is 18.9. The molecular formula is C26H24N6O2. The minimum Gasteiger partial charge on any atom is -0.489 e. The molecule has 8 nitrogen and oxygen atoms in total. The zero-order valence-corrected chi connectivity index (χ0v) is 18.9. The van der Waals surface area contributed by atoms with Gasteiger partial charge in [-0.15, -0.1) is 0 Å². The van der Waals surface area contributed by atoms with Crippen LogP contribution < -0.4 is 4.74 Å². The lowest BCUT2D eigenvalue weighted by molar-refractivity contribution is 0.0254. The van der Waals surface area contributed by atoms with E-state index in [-0.39, 0.29) is 6.10 Å². The van der Waals surface area contributed by atoms with Crippen molar-refractivity contribution < 1.29 is 9.47 Å². The van der Waals surface area contributed by atoms with Gasteiger partial charge < -0.3 is 9.47 Å². The lowest BCUT2D eigenvalue weighted by Gasteiger charge is -2.23. The van der Waals surface area contributed by atoms with Gasteiger partial charge in [0.1, 0.15) is 23.7 Å². The van der Waals surface area contributed by atoms with E-state index in [9.17, 15) is 5.26 Å². The molecule has 0 spiro atoms. The Labute approximate surface area is 197 Å². The van der Waals surface area contributed by atoms with Crippen molar-refractivity contribution in [3.05, 3.63) is 78.1 Å². The smallest absolute Gasteiger partial charge is 0.137 e. The molecule has 1 fully saturated rings. The quantitative estimate of drug-likeness (QED) is 0.437. The van der Waals surface area contributed by atoms with Crippen LogP contribution in [-0.2, 0) is 18.2 Å². The number of hydrogen-bond acceptors (Lipinski definition) is 7. The number of aromatic nitrogens is 5. The van der Waals surface area contributed by atoms with E-state index in [4.69, 9.17) is 14.5 Å². The van der Waals surface area contributed by atoms with Gasteiger partial charge in [-0.25, -0.2) is 9.97 Å². The molecule has 0 aliphatic carbocycles. The molecule has 8 heteroatoms. The van der Waals surface area contributed by atoms with Crippen LogP contribution in [0.15, 0.2) is 61.2 Å². The minimum absolute atomic E-state index is 0.0792. The van der Waals surface area contributed by atoms with Gasteiger partial charge in [-0.2, -0.15) is 10.4 Å². The summed E-state index contributed by atoms with van der Waals surface area (Å²) in [6.45, 7) is 1.38. The topological polar surface area (TPSA) is 98.7 Å². The van der Waals surface area contributed by atoms with Crippen molar-refractivity contribution >= 4 is 0 Å². The molecule has 5 rings (SSSR count). The molecule has 1 aromatic carbocycles. The number of nitriles is 1. The molecule has 0 N–H and O–H groups in total. The van der Waals surface area contributed by atoms with E-state index in [1.807, 2.05) is 55.8 Å². The Bertz CT molecular complexity index is 1320. The van der Waals surface area contributed by atoms with Crippen LogP contribution in [0.2, 0.25) is 0 Å². The SMILES string of the molecule is Cn1cc(-c2ccc(Cc3nccc(-c4ccc(OC5CCOCC5)c(C#N)c4)n3)cn2)cn1. The maximum atomic E-state index is 9.68. The van der Waals surface area contributed by atoms with Gasteiger partial charge in [0, 0.05) is 56.0 Å². The highest BCUT2D eigenvalue weighted by Crippen LogP contribution is 2.27. The van der Waals surface area contributed by atoms with Crippen molar-refractivity contribution in [1.82, 2.24) is 24.7 Å². The third-order valence-corrected chi connectivity index (χ3v) is 5.75. The van der Waals surface area contributed by atoms with Crippen molar-refractivity contribution in [3.63, 3.8) is 0 Å². The van der Waals surface area contributed by atoms with Gasteiger partial charge in [0.05, 0.1) is 36.4 Å². The molecule has 0 unspecified atom stereocenters. The fourth-order valence-corrected chi connectivity index (χ4v) is 3.93. The first kappa shape index (κ1) is 21.7. The molecule has 4 heterocycles. The largest absolute Gasteiger partial charge is 0.489 e. The number of hydrogen-bond donors (Lipinski definition) is 0. The van der Waals surface area contributed by atoms with Gasteiger partial charge in [0.25, 0.3) is 0 Å². The van der Waals surface area contributed by atoms with Crippen molar-refractivity contribution in [2.75, 3.05) is 13.2 Å². The number of aryl methyl sites for hydroxylation is 1. The molecule has 4 aromatic rings. The Balaban J connectivity index is 1.32. The molecule has 0 amide bonds. The van der Waals surface area contributed by atoms with Crippen LogP contribution in [0.3, 0.4) is 0 Å². The Kier molecular flexibility index (Phi) is 6.27. The fraction of sp³-hybridized carbons (Fsp3) is 0.269. The molecular weight excluding hydrogens is 428 g/mol. The van der Waals surface area contributed by atoms with E-state index in [0.29, 0.717) is 36.8 Å². The highest BCUT2D eigenvalue weighted by molar-refractivity contribution is 5.64. The average molecular weight is 453 g/mol. The van der Waals surface area contributed by atoms with Crippen LogP contribution in [0.5, 0.6) is 5.75 Å². The van der Waals surface area contributed by atoms with Crippen LogP contribution >= 0.6 is 0 Å². The summed E-state index contributed by atoms with van der Waals surface area (Å²) in [5.74, 6) is 1.29. The van der Waals surface area contributed by atoms with Gasteiger partial charge in [-0.1, -0.05) is 6.07 Å². The van der Waals surface area contributed by atoms with E-state index in [0.717, 1.165) is 40.9 Å². The molecule has 1 saturated heterocycles. The molecule has 3 aromatic heterocycles. The first-order valence-electron chi connectivity index (χ1n) is 11.2. The van der Waals surface area contributed by atoms with E-state index in [1.54, 1.807) is 17.1 Å². The Morgan fingerprint density at radius 1 is 1.06 bits per heavy atom. The first-order valence-corrected chi connectivity index (χ1v) is 11.2. The number of nitrogens with zero attached hydrogens (tertiary/aromatic N) is 6. The molecule has 0 saturated carbocycles. The molecule has 0 radical (unpaired) electrons. The predicted octanol–water partition coefficient (Wildman–Crippen LogP) is 3.96. The third-order valence-electron chi connectivity index (χ3n) is 5.75. The lowest BCUT2D eigenvalue weighted by Crippen LogP contribution is -2.26. The second-order valence-electron chi connectivity index (χ2n) is 8.24. The lowest BCUT2D eigenvalue weighted by atomic mass is 10.1. The van der Waals surface area contributed by atoms with Crippen LogP contribution in [0.1, 0.15) is 29.8 Å². The van der Waals surface area contributed by atoms with Crippen LogP contribution in [-0.4, -0.2) is 44.1 Å². The van der Waals surface area contributed by atoms with E-state index in [1.165, 1.54) is 0 Å². The summed E-state index contributed by atoms with van der Waals surface area (Å²) in [5.41, 5.74) is 4.98. The number of pyridine rings is 1. The Morgan fingerprint density at radius 2 is 1.94 bits per heavy atom. The van der Waals surface area contributed by atoms with Crippen molar-refractivity contribution in [2.45, 2.75) is 25.4 Å². The standard InChI is InChI=1S/C26H24N6O2/c1-32-17-21(16-30-32)23-4-2-18(15-29-23)12-26-28-9-6-24(31-26)19-3-5-25(20(13-19)14-27)34-22-7-10-33-11-8-22/h2-6,9,13,15-17,22H,7-8,10-12H2,1H3. The summed E-state index contributed by atoms with van der Waals surface area (Å²) in [5, 5.41) is 13.9. The van der Waals surface area contributed by atoms with E-state index < -0.39 is 0 Å². The van der Waals surface area contributed by atoms with Gasteiger partial charge in [-0.3, -0.25) is 9.67 Å². The van der Waals surface area contributed by atoms with Crippen molar-refractivity contribution in [3.8, 4) is 34.3 Å². The van der Waals surface area contributed by atoms with Crippen LogP contribution in [0.25, 0.3) is 22.5 Å². The minimum atomic E-state index is 0.0792. The summed E-state index contributed by atoms with van der Waals surface area (Å²) < 4.78 is 13.2. The Morgan fingerprint density at radius 3 is 2.68 bits per heavy atom. The van der Waals surface area contributed by atoms with Crippen LogP contribution in [0, 0.1) is 11.3 Å². The zero-order chi connectivity index (χ0) is 23.3. The van der Waals surface area contributed by atoms with Gasteiger partial charge in [-0.05, 0) is 35.9 Å². The number of benzene rings is 1. The number of rotatable bonds is 6. The highest BCUT2D eigenvalue weighted by atomic mass is 16.5. The maximum Gasteiger partial charge on any atom is 0.137 e. The summed E-state index contributed by atoms with van der Waals surface area (Å²) in [6.07, 6.45) is 9.62. The molecule has 0 atom stereocenters. The third kappa shape index (κ3) is 4.95. The van der Waals surface area contributed by atoms with Crippen molar-refractivity contribution in [1.29, 1.82) is 5.26 Å². The van der Waals surface area contributed by atoms with Gasteiger partial charge in [0.15, 0.2) is 0 Å². The summed E-state index contributed by atoms with van der Waals surface area (Å²) in [7, 11) is 1.88. The second kappa shape index (κ2) is 9.81. The molecule has 1 aliphatic rings. The predicted molar refractivity (Wildman–Crippen MR) is 126 cm³/mol. The molecule has 0 bridgehead atoms. The average Bonchev–Trinajstić information content (AvgIpc) is 3.32. The van der Waals surface area contributed by atoms with Crippen LogP contribution in [0.4, 0.5) is 0 Å². The van der Waals surface area contributed by atoms with Gasteiger partial charge >= 0.3 is 0 Å². The summed E-state index contributed by atoms with van der Waals surface area (Å²) in [4.78, 5) is 13.7. The first-order chi connectivity index (χ1) is 16.7. The monoisotopic (exact) mass is 452 g/mol. The summed E-state index contributed by atoms with van der Waals surface area (Å²) >= 11 is 0. The normalized spacial score (nSPS) is 14.0. The highest BCUT2D eigenvalue weighted by Gasteiger charge is 2.17. The Hall–Kier alpha value is -4.09. The fourth-order valence-electron chi connectivity index (χ4n) is 3.93. The summed E-state index contributed by atoms with van der Waals surface area (Å²) in [6, 6.07) is 13.7. The maximum absolute atomic E-state index is 9.68.